The number of aliphatic hydroxyl groups is 1. The molecular formula is C22H31N3O2. The summed E-state index contributed by atoms with van der Waals surface area (Å²) >= 11 is 0. The summed E-state index contributed by atoms with van der Waals surface area (Å²) < 4.78 is 5.89. The number of aromatic nitrogens is 2. The van der Waals surface area contributed by atoms with Gasteiger partial charge < -0.3 is 15.2 Å². The van der Waals surface area contributed by atoms with Gasteiger partial charge in [-0.3, -0.25) is 0 Å². The quantitative estimate of drug-likeness (QED) is 0.538. The van der Waals surface area contributed by atoms with E-state index in [2.05, 4.69) is 46.5 Å². The molecule has 0 radical (unpaired) electrons. The van der Waals surface area contributed by atoms with E-state index in [0.29, 0.717) is 24.0 Å². The maximum Gasteiger partial charge on any atom is 0.180 e. The number of nitrogens with zero attached hydrogens (tertiary/aromatic N) is 2. The molecule has 0 spiro atoms. The highest BCUT2D eigenvalue weighted by Crippen LogP contribution is 2.21. The maximum absolute atomic E-state index is 9.46. The van der Waals surface area contributed by atoms with Crippen LogP contribution >= 0.6 is 0 Å². The van der Waals surface area contributed by atoms with Crippen molar-refractivity contribution in [2.24, 2.45) is 5.92 Å². The fraction of sp³-hybridized carbons (Fsp3) is 0.455. The van der Waals surface area contributed by atoms with E-state index in [-0.39, 0.29) is 12.5 Å². The van der Waals surface area contributed by atoms with E-state index in [1.54, 1.807) is 6.20 Å². The van der Waals surface area contributed by atoms with Crippen LogP contribution in [0.3, 0.4) is 0 Å². The Kier molecular flexibility index (Phi) is 9.35. The predicted molar refractivity (Wildman–Crippen MR) is 110 cm³/mol. The molecule has 2 rings (SSSR count). The monoisotopic (exact) mass is 369 g/mol. The van der Waals surface area contributed by atoms with Gasteiger partial charge in [0.1, 0.15) is 5.82 Å². The molecule has 0 bridgehead atoms. The minimum atomic E-state index is 0.157. The average Bonchev–Trinajstić information content (AvgIpc) is 2.70. The molecule has 0 saturated carbocycles. The van der Waals surface area contributed by atoms with Gasteiger partial charge in [-0.2, -0.15) is 0 Å². The lowest BCUT2D eigenvalue weighted by Crippen LogP contribution is -2.06. The number of benzene rings is 1. The van der Waals surface area contributed by atoms with Gasteiger partial charge in [0.15, 0.2) is 11.6 Å². The van der Waals surface area contributed by atoms with Crippen molar-refractivity contribution in [2.45, 2.75) is 46.0 Å². The van der Waals surface area contributed by atoms with E-state index in [1.807, 2.05) is 25.3 Å². The number of hydrogen-bond donors (Lipinski definition) is 2. The Morgan fingerprint density at radius 2 is 2.04 bits per heavy atom. The van der Waals surface area contributed by atoms with Gasteiger partial charge in [0.2, 0.25) is 0 Å². The smallest absolute Gasteiger partial charge is 0.180 e. The molecule has 1 atom stereocenters. The second kappa shape index (κ2) is 12.1. The van der Waals surface area contributed by atoms with Crippen molar-refractivity contribution in [1.82, 2.24) is 9.97 Å². The fourth-order valence-corrected chi connectivity index (χ4v) is 2.75. The topological polar surface area (TPSA) is 67.3 Å². The van der Waals surface area contributed by atoms with E-state index < -0.39 is 0 Å². The molecule has 0 aliphatic rings. The Hall–Kier alpha value is -2.40. The van der Waals surface area contributed by atoms with Gasteiger partial charge in [0, 0.05) is 12.5 Å². The number of unbranched alkanes of at least 4 members (excludes halogenated alkanes) is 1. The van der Waals surface area contributed by atoms with Crippen LogP contribution in [-0.4, -0.2) is 28.3 Å². The van der Waals surface area contributed by atoms with E-state index in [4.69, 9.17) is 4.74 Å². The SMILES string of the molecule is CCCC[C@H](/C=C/Nc1nc(C)ncc1OCCCc1ccccc1)CO. The fourth-order valence-electron chi connectivity index (χ4n) is 2.75. The molecule has 1 heterocycles. The second-order valence-corrected chi connectivity index (χ2v) is 6.66. The molecule has 0 aliphatic heterocycles. The Morgan fingerprint density at radius 1 is 1.22 bits per heavy atom. The summed E-state index contributed by atoms with van der Waals surface area (Å²) in [5, 5.41) is 12.6. The van der Waals surface area contributed by atoms with Gasteiger partial charge in [-0.1, -0.05) is 56.2 Å². The van der Waals surface area contributed by atoms with Crippen molar-refractivity contribution in [3.63, 3.8) is 0 Å². The van der Waals surface area contributed by atoms with Crippen LogP contribution in [-0.2, 0) is 6.42 Å². The van der Waals surface area contributed by atoms with Crippen LogP contribution in [0.4, 0.5) is 5.82 Å². The Balaban J connectivity index is 1.87. The predicted octanol–water partition coefficient (Wildman–Crippen LogP) is 4.52. The van der Waals surface area contributed by atoms with E-state index in [0.717, 1.165) is 32.1 Å². The largest absolute Gasteiger partial charge is 0.488 e. The van der Waals surface area contributed by atoms with Gasteiger partial charge in [0.25, 0.3) is 0 Å². The summed E-state index contributed by atoms with van der Waals surface area (Å²) in [6.07, 6.45) is 10.7. The number of ether oxygens (including phenoxy) is 1. The molecule has 0 unspecified atom stereocenters. The molecule has 2 N–H and O–H groups in total. The number of aliphatic hydroxyl groups excluding tert-OH is 1. The van der Waals surface area contributed by atoms with Gasteiger partial charge in [-0.15, -0.1) is 0 Å². The lowest BCUT2D eigenvalue weighted by Gasteiger charge is -2.12. The molecule has 1 aromatic heterocycles. The lowest BCUT2D eigenvalue weighted by atomic mass is 10.0. The van der Waals surface area contributed by atoms with Crippen molar-refractivity contribution in [2.75, 3.05) is 18.5 Å². The minimum Gasteiger partial charge on any atom is -0.488 e. The third-order valence-electron chi connectivity index (χ3n) is 4.34. The van der Waals surface area contributed by atoms with Gasteiger partial charge in [0.05, 0.1) is 12.8 Å². The molecule has 0 saturated heterocycles. The standard InChI is InChI=1S/C22H31N3O2/c1-3-4-9-20(17-26)13-14-23-22-21(16-24-18(2)25-22)27-15-8-12-19-10-6-5-7-11-19/h5-7,10-11,13-14,16,20,26H,3-4,8-9,12,15,17H2,1-2H3,(H,23,24,25)/b14-13+/t20-/m1/s1. The zero-order chi connectivity index (χ0) is 19.3. The molecule has 27 heavy (non-hydrogen) atoms. The zero-order valence-corrected chi connectivity index (χ0v) is 16.4. The first-order valence-corrected chi connectivity index (χ1v) is 9.77. The molecule has 5 nitrogen and oxygen atoms in total. The second-order valence-electron chi connectivity index (χ2n) is 6.66. The Morgan fingerprint density at radius 3 is 2.78 bits per heavy atom. The van der Waals surface area contributed by atoms with Crippen LogP contribution in [0.5, 0.6) is 5.75 Å². The molecule has 2 aromatic rings. The summed E-state index contributed by atoms with van der Waals surface area (Å²) in [5.41, 5.74) is 1.31. The van der Waals surface area contributed by atoms with Crippen molar-refractivity contribution in [3.05, 3.63) is 60.2 Å². The third-order valence-corrected chi connectivity index (χ3v) is 4.34. The van der Waals surface area contributed by atoms with Crippen molar-refractivity contribution in [3.8, 4) is 5.75 Å². The summed E-state index contributed by atoms with van der Waals surface area (Å²) in [4.78, 5) is 8.67. The highest BCUT2D eigenvalue weighted by atomic mass is 16.5. The van der Waals surface area contributed by atoms with E-state index >= 15 is 0 Å². The molecule has 0 aliphatic carbocycles. The number of hydrogen-bond acceptors (Lipinski definition) is 5. The van der Waals surface area contributed by atoms with Crippen LogP contribution in [0.25, 0.3) is 0 Å². The summed E-state index contributed by atoms with van der Waals surface area (Å²) in [7, 11) is 0. The maximum atomic E-state index is 9.46. The van der Waals surface area contributed by atoms with Crippen LogP contribution in [0.1, 0.15) is 44.0 Å². The van der Waals surface area contributed by atoms with Crippen LogP contribution in [0, 0.1) is 12.8 Å². The number of anilines is 1. The number of aryl methyl sites for hydroxylation is 2. The first kappa shape index (κ1) is 20.9. The Bertz CT molecular complexity index is 689. The molecule has 0 fully saturated rings. The first-order valence-electron chi connectivity index (χ1n) is 9.77. The minimum absolute atomic E-state index is 0.157. The van der Waals surface area contributed by atoms with Crippen molar-refractivity contribution < 1.29 is 9.84 Å². The lowest BCUT2D eigenvalue weighted by molar-refractivity contribution is 0.244. The van der Waals surface area contributed by atoms with E-state index in [9.17, 15) is 5.11 Å². The third kappa shape index (κ3) is 7.79. The normalized spacial score (nSPS) is 12.3. The highest BCUT2D eigenvalue weighted by Gasteiger charge is 2.07. The molecule has 5 heteroatoms. The van der Waals surface area contributed by atoms with Crippen LogP contribution < -0.4 is 10.1 Å². The number of rotatable bonds is 12. The Labute approximate surface area is 162 Å². The molecule has 0 amide bonds. The van der Waals surface area contributed by atoms with E-state index in [1.165, 1.54) is 5.56 Å². The first-order chi connectivity index (χ1) is 13.2. The molecule has 146 valence electrons. The molecule has 1 aromatic carbocycles. The van der Waals surface area contributed by atoms with Gasteiger partial charge in [-0.25, -0.2) is 9.97 Å². The van der Waals surface area contributed by atoms with Gasteiger partial charge in [-0.05, 0) is 37.9 Å². The summed E-state index contributed by atoms with van der Waals surface area (Å²) in [6.45, 7) is 4.77. The van der Waals surface area contributed by atoms with Crippen LogP contribution in [0.2, 0.25) is 0 Å². The van der Waals surface area contributed by atoms with Gasteiger partial charge >= 0.3 is 0 Å². The average molecular weight is 370 g/mol. The summed E-state index contributed by atoms with van der Waals surface area (Å²) in [5.74, 6) is 2.15. The van der Waals surface area contributed by atoms with Crippen molar-refractivity contribution in [1.29, 1.82) is 0 Å². The molecular weight excluding hydrogens is 338 g/mol. The zero-order valence-electron chi connectivity index (χ0n) is 16.4. The number of nitrogens with one attached hydrogen (secondary N) is 1. The van der Waals surface area contributed by atoms with Crippen LogP contribution in [0.15, 0.2) is 48.8 Å². The highest BCUT2D eigenvalue weighted by molar-refractivity contribution is 5.50. The summed E-state index contributed by atoms with van der Waals surface area (Å²) in [6, 6.07) is 10.4. The van der Waals surface area contributed by atoms with Crippen molar-refractivity contribution >= 4 is 5.82 Å².